The minimum absolute atomic E-state index is 0. The Morgan fingerprint density at radius 2 is 1.90 bits per heavy atom. The Kier molecular flexibility index (Phi) is 5.10. The predicted octanol–water partition coefficient (Wildman–Crippen LogP) is 2.06. The van der Waals surface area contributed by atoms with Gasteiger partial charge in [0.1, 0.15) is 0 Å². The summed E-state index contributed by atoms with van der Waals surface area (Å²) in [5.41, 5.74) is 0. The molecule has 0 radical (unpaired) electrons. The van der Waals surface area contributed by atoms with Crippen LogP contribution in [0, 0.1) is 11.8 Å². The molecule has 0 saturated carbocycles. The van der Waals surface area contributed by atoms with E-state index in [1.165, 1.54) is 25.9 Å². The van der Waals surface area contributed by atoms with Crippen LogP contribution >= 0.6 is 12.4 Å². The minimum atomic E-state index is 0. The van der Waals surface area contributed by atoms with E-state index in [9.17, 15) is 0 Å². The van der Waals surface area contributed by atoms with E-state index in [1.807, 2.05) is 0 Å². The average Bonchev–Trinajstić information content (AvgIpc) is 1.99. The monoisotopic (exact) mass is 163 g/mol. The highest BCUT2D eigenvalue weighted by atomic mass is 35.5. The molecule has 0 bridgehead atoms. The van der Waals surface area contributed by atoms with Crippen molar-refractivity contribution in [3.63, 3.8) is 0 Å². The summed E-state index contributed by atoms with van der Waals surface area (Å²) in [4.78, 5) is 0. The first-order chi connectivity index (χ1) is 4.30. The number of nitrogens with one attached hydrogen (secondary N) is 1. The van der Waals surface area contributed by atoms with Gasteiger partial charge in [0.2, 0.25) is 0 Å². The number of rotatable bonds is 0. The van der Waals surface area contributed by atoms with Gasteiger partial charge in [-0.1, -0.05) is 13.8 Å². The summed E-state index contributed by atoms with van der Waals surface area (Å²) in [6.45, 7) is 7.15. The fourth-order valence-electron chi connectivity index (χ4n) is 1.36. The van der Waals surface area contributed by atoms with Crippen molar-refractivity contribution in [2.45, 2.75) is 26.7 Å². The molecule has 1 nitrogen and oxygen atoms in total. The maximum absolute atomic E-state index is 3.43. The molecule has 2 heteroatoms. The highest BCUT2D eigenvalue weighted by Crippen LogP contribution is 2.17. The molecule has 62 valence electrons. The lowest BCUT2D eigenvalue weighted by atomic mass is 9.93. The lowest BCUT2D eigenvalue weighted by Gasteiger charge is -2.14. The Hall–Kier alpha value is 0.250. The topological polar surface area (TPSA) is 12.0 Å². The molecular weight excluding hydrogens is 146 g/mol. The summed E-state index contributed by atoms with van der Waals surface area (Å²) in [6.07, 6.45) is 2.78. The Morgan fingerprint density at radius 3 is 2.60 bits per heavy atom. The zero-order valence-corrected chi connectivity index (χ0v) is 7.71. The van der Waals surface area contributed by atoms with Crippen molar-refractivity contribution < 1.29 is 0 Å². The van der Waals surface area contributed by atoms with Crippen LogP contribution in [0.1, 0.15) is 26.7 Å². The van der Waals surface area contributed by atoms with Crippen LogP contribution in [0.15, 0.2) is 0 Å². The van der Waals surface area contributed by atoms with Gasteiger partial charge in [-0.25, -0.2) is 0 Å². The van der Waals surface area contributed by atoms with Gasteiger partial charge in [-0.05, 0) is 37.8 Å². The molecule has 1 aliphatic heterocycles. The van der Waals surface area contributed by atoms with Crippen LogP contribution in [0.5, 0.6) is 0 Å². The molecule has 1 N–H and O–H groups in total. The van der Waals surface area contributed by atoms with E-state index in [0.29, 0.717) is 0 Å². The average molecular weight is 164 g/mol. The van der Waals surface area contributed by atoms with Crippen molar-refractivity contribution >= 4 is 12.4 Å². The Balaban J connectivity index is 0.000000810. The third-order valence-electron chi connectivity index (χ3n) is 2.45. The standard InChI is InChI=1S/C8H17N.ClH/c1-7-4-3-5-9-6-8(7)2;/h7-9H,3-6H2,1-2H3;1H. The number of hydrogen-bond donors (Lipinski definition) is 1. The molecule has 1 rings (SSSR count). The molecular formula is C8H18ClN. The Labute approximate surface area is 70.0 Å². The van der Waals surface area contributed by atoms with E-state index in [2.05, 4.69) is 19.2 Å². The molecule has 1 heterocycles. The summed E-state index contributed by atoms with van der Waals surface area (Å²) in [6, 6.07) is 0. The van der Waals surface area contributed by atoms with E-state index in [0.717, 1.165) is 11.8 Å². The summed E-state index contributed by atoms with van der Waals surface area (Å²) in [5.74, 6) is 1.81. The molecule has 1 fully saturated rings. The molecule has 0 aliphatic carbocycles. The molecule has 0 aromatic heterocycles. The lowest BCUT2D eigenvalue weighted by molar-refractivity contribution is 0.383. The lowest BCUT2D eigenvalue weighted by Crippen LogP contribution is -2.21. The maximum atomic E-state index is 3.43. The van der Waals surface area contributed by atoms with E-state index in [-0.39, 0.29) is 12.4 Å². The normalized spacial score (nSPS) is 34.2. The van der Waals surface area contributed by atoms with Crippen LogP contribution in [0.2, 0.25) is 0 Å². The molecule has 1 aliphatic rings. The van der Waals surface area contributed by atoms with E-state index in [1.54, 1.807) is 0 Å². The van der Waals surface area contributed by atoms with Gasteiger partial charge in [-0.2, -0.15) is 0 Å². The smallest absolute Gasteiger partial charge is 0.00206 e. The first kappa shape index (κ1) is 10.2. The molecule has 1 saturated heterocycles. The van der Waals surface area contributed by atoms with Crippen LogP contribution in [0.4, 0.5) is 0 Å². The molecule has 2 unspecified atom stereocenters. The fourth-order valence-corrected chi connectivity index (χ4v) is 1.36. The highest BCUT2D eigenvalue weighted by Gasteiger charge is 2.13. The molecule has 10 heavy (non-hydrogen) atoms. The molecule has 2 atom stereocenters. The largest absolute Gasteiger partial charge is 0.316 e. The highest BCUT2D eigenvalue weighted by molar-refractivity contribution is 5.85. The summed E-state index contributed by atoms with van der Waals surface area (Å²) in [7, 11) is 0. The van der Waals surface area contributed by atoms with Gasteiger partial charge in [0, 0.05) is 0 Å². The molecule has 0 aromatic rings. The summed E-state index contributed by atoms with van der Waals surface area (Å²) >= 11 is 0. The van der Waals surface area contributed by atoms with Crippen molar-refractivity contribution in [3.05, 3.63) is 0 Å². The Morgan fingerprint density at radius 1 is 1.20 bits per heavy atom. The second kappa shape index (κ2) is 4.97. The zero-order valence-electron chi connectivity index (χ0n) is 6.89. The molecule has 0 spiro atoms. The van der Waals surface area contributed by atoms with Crippen molar-refractivity contribution in [1.29, 1.82) is 0 Å². The first-order valence-electron chi connectivity index (χ1n) is 4.01. The second-order valence-electron chi connectivity index (χ2n) is 3.30. The van der Waals surface area contributed by atoms with Gasteiger partial charge in [0.15, 0.2) is 0 Å². The summed E-state index contributed by atoms with van der Waals surface area (Å²) < 4.78 is 0. The van der Waals surface area contributed by atoms with E-state index >= 15 is 0 Å². The van der Waals surface area contributed by atoms with Gasteiger partial charge in [0.25, 0.3) is 0 Å². The van der Waals surface area contributed by atoms with Crippen molar-refractivity contribution in [2.75, 3.05) is 13.1 Å². The molecule has 0 amide bonds. The number of hydrogen-bond acceptors (Lipinski definition) is 1. The van der Waals surface area contributed by atoms with Crippen LogP contribution in [-0.4, -0.2) is 13.1 Å². The van der Waals surface area contributed by atoms with Gasteiger partial charge >= 0.3 is 0 Å². The quantitative estimate of drug-likeness (QED) is 0.577. The minimum Gasteiger partial charge on any atom is -0.316 e. The molecule has 0 aromatic carbocycles. The van der Waals surface area contributed by atoms with E-state index < -0.39 is 0 Å². The maximum Gasteiger partial charge on any atom is -0.00206 e. The fraction of sp³-hybridized carbons (Fsp3) is 1.00. The van der Waals surface area contributed by atoms with E-state index in [4.69, 9.17) is 0 Å². The van der Waals surface area contributed by atoms with Crippen molar-refractivity contribution in [1.82, 2.24) is 5.32 Å². The second-order valence-corrected chi connectivity index (χ2v) is 3.30. The van der Waals surface area contributed by atoms with Crippen molar-refractivity contribution in [3.8, 4) is 0 Å². The zero-order chi connectivity index (χ0) is 6.69. The van der Waals surface area contributed by atoms with Crippen LogP contribution < -0.4 is 5.32 Å². The van der Waals surface area contributed by atoms with Gasteiger partial charge in [-0.3, -0.25) is 0 Å². The Bertz CT molecular complexity index is 75.3. The van der Waals surface area contributed by atoms with Crippen LogP contribution in [0.25, 0.3) is 0 Å². The van der Waals surface area contributed by atoms with Gasteiger partial charge in [0.05, 0.1) is 0 Å². The van der Waals surface area contributed by atoms with Gasteiger partial charge in [-0.15, -0.1) is 12.4 Å². The third-order valence-corrected chi connectivity index (χ3v) is 2.45. The van der Waals surface area contributed by atoms with Gasteiger partial charge < -0.3 is 5.32 Å². The van der Waals surface area contributed by atoms with Crippen molar-refractivity contribution in [2.24, 2.45) is 11.8 Å². The predicted molar refractivity (Wildman–Crippen MR) is 47.7 cm³/mol. The summed E-state index contributed by atoms with van der Waals surface area (Å²) in [5, 5.41) is 3.43. The van der Waals surface area contributed by atoms with Crippen LogP contribution in [-0.2, 0) is 0 Å². The first-order valence-corrected chi connectivity index (χ1v) is 4.01. The number of halogens is 1. The van der Waals surface area contributed by atoms with Crippen LogP contribution in [0.3, 0.4) is 0 Å². The SMILES string of the molecule is CC1CCCNCC1C.Cl. The third kappa shape index (κ3) is 2.89.